The summed E-state index contributed by atoms with van der Waals surface area (Å²) in [6, 6.07) is 7.19. The summed E-state index contributed by atoms with van der Waals surface area (Å²) in [5.41, 5.74) is 8.80. The van der Waals surface area contributed by atoms with E-state index in [9.17, 15) is 14.4 Å². The molecule has 3 N–H and O–H groups in total. The minimum absolute atomic E-state index is 0.124. The predicted molar refractivity (Wildman–Crippen MR) is 186 cm³/mol. The number of carbonyl (C=O) groups is 2. The van der Waals surface area contributed by atoms with Crippen LogP contribution in [0.1, 0.15) is 52.5 Å². The maximum Gasteiger partial charge on any atom is 0.336 e. The molecule has 0 unspecified atom stereocenters. The van der Waals surface area contributed by atoms with Crippen LogP contribution in [0.15, 0.2) is 79.8 Å². The molecule has 0 bridgehead atoms. The largest absolute Gasteiger partial charge is 0.481 e. The zero-order valence-corrected chi connectivity index (χ0v) is 28.9. The van der Waals surface area contributed by atoms with Crippen LogP contribution in [0.4, 0.5) is 0 Å². The fourth-order valence-corrected chi connectivity index (χ4v) is 10.4. The molecule has 248 valence electrons. The highest BCUT2D eigenvalue weighted by Crippen LogP contribution is 2.57. The molecule has 1 amide bonds. The summed E-state index contributed by atoms with van der Waals surface area (Å²) in [5, 5.41) is 4.07. The van der Waals surface area contributed by atoms with E-state index < -0.39 is 22.8 Å². The van der Waals surface area contributed by atoms with Gasteiger partial charge >= 0.3 is 11.6 Å². The fraction of sp³-hybridized carbons (Fsp3) is 0.472. The lowest BCUT2D eigenvalue weighted by atomic mass is 9.61. The second kappa shape index (κ2) is 12.1. The number of esters is 1. The van der Waals surface area contributed by atoms with Crippen molar-refractivity contribution in [2.75, 3.05) is 24.6 Å². The van der Waals surface area contributed by atoms with Gasteiger partial charge in [-0.1, -0.05) is 46.2 Å². The molecule has 5 heterocycles. The number of dihydropyridines is 1. The van der Waals surface area contributed by atoms with E-state index >= 15 is 0 Å². The van der Waals surface area contributed by atoms with Gasteiger partial charge in [-0.15, -0.1) is 0 Å². The van der Waals surface area contributed by atoms with Crippen LogP contribution in [-0.2, 0) is 20.7 Å². The summed E-state index contributed by atoms with van der Waals surface area (Å²) >= 11 is 0. The first-order chi connectivity index (χ1) is 22.6. The normalized spacial score (nSPS) is 30.7. The monoisotopic (exact) mass is 675 g/mol. The number of amides is 1. The third kappa shape index (κ3) is 5.39. The Hall–Kier alpha value is -3.57. The van der Waals surface area contributed by atoms with Crippen LogP contribution >= 0.6 is 21.6 Å². The summed E-state index contributed by atoms with van der Waals surface area (Å²) in [5.74, 6) is 2.59. The average Bonchev–Trinajstić information content (AvgIpc) is 3.40. The van der Waals surface area contributed by atoms with E-state index in [1.165, 1.54) is 6.07 Å². The second-order valence-corrected chi connectivity index (χ2v) is 16.0. The van der Waals surface area contributed by atoms with Gasteiger partial charge in [0.15, 0.2) is 11.2 Å². The van der Waals surface area contributed by atoms with Gasteiger partial charge in [0.1, 0.15) is 11.3 Å². The van der Waals surface area contributed by atoms with Gasteiger partial charge in [0, 0.05) is 66.6 Å². The quantitative estimate of drug-likeness (QED) is 0.144. The second-order valence-electron chi connectivity index (χ2n) is 13.4. The number of hydrogen-bond acceptors (Lipinski definition) is 10. The highest BCUT2D eigenvalue weighted by atomic mass is 33.1. The van der Waals surface area contributed by atoms with Gasteiger partial charge < -0.3 is 29.8 Å². The number of rotatable bonds is 3. The molecule has 5 atom stereocenters. The number of nitrogens with one attached hydrogen (secondary N) is 1. The summed E-state index contributed by atoms with van der Waals surface area (Å²) in [7, 11) is 3.61. The Bertz CT molecular complexity index is 1840. The van der Waals surface area contributed by atoms with Crippen molar-refractivity contribution in [2.24, 2.45) is 17.6 Å². The minimum atomic E-state index is -1.10. The Balaban J connectivity index is 1.41. The van der Waals surface area contributed by atoms with Crippen molar-refractivity contribution in [1.29, 1.82) is 0 Å². The molecule has 2 aromatic rings. The summed E-state index contributed by atoms with van der Waals surface area (Å²) < 4.78 is 19.2. The molecule has 1 aliphatic carbocycles. The van der Waals surface area contributed by atoms with Crippen LogP contribution < -0.4 is 21.4 Å². The Morgan fingerprint density at radius 1 is 1.26 bits per heavy atom. The zero-order chi connectivity index (χ0) is 33.1. The van der Waals surface area contributed by atoms with Gasteiger partial charge in [0.05, 0.1) is 18.2 Å². The molecule has 47 heavy (non-hydrogen) atoms. The number of carbonyl (C=O) groups excluding carboxylic acids is 2. The fourth-order valence-electron chi connectivity index (χ4n) is 7.83. The molecule has 4 aliphatic heterocycles. The van der Waals surface area contributed by atoms with Crippen molar-refractivity contribution in [2.45, 2.75) is 70.6 Å². The number of allylic oxidation sites excluding steroid dienone is 2. The molecular weight excluding hydrogens is 635 g/mol. The summed E-state index contributed by atoms with van der Waals surface area (Å²) in [6.45, 7) is 8.96. The molecule has 1 spiro atoms. The number of fused-ring (bicyclic) bond motifs is 6. The number of hydrogen-bond donors (Lipinski definition) is 2. The first-order valence-electron chi connectivity index (χ1n) is 16.3. The Morgan fingerprint density at radius 3 is 2.87 bits per heavy atom. The highest BCUT2D eigenvalue weighted by Gasteiger charge is 2.64. The first-order valence-corrected chi connectivity index (χ1v) is 18.8. The maximum atomic E-state index is 13.9. The van der Waals surface area contributed by atoms with Crippen molar-refractivity contribution < 1.29 is 23.5 Å². The lowest BCUT2D eigenvalue weighted by Gasteiger charge is -2.53. The van der Waals surface area contributed by atoms with Crippen molar-refractivity contribution >= 4 is 44.4 Å². The molecule has 5 aliphatic rings. The van der Waals surface area contributed by atoms with Crippen LogP contribution in [0.5, 0.6) is 5.75 Å². The van der Waals surface area contributed by atoms with E-state index in [1.54, 1.807) is 35.9 Å². The Kier molecular flexibility index (Phi) is 8.27. The van der Waals surface area contributed by atoms with Crippen LogP contribution in [0.3, 0.4) is 0 Å². The lowest BCUT2D eigenvalue weighted by molar-refractivity contribution is -0.186. The minimum Gasteiger partial charge on any atom is -0.481 e. The van der Waals surface area contributed by atoms with Gasteiger partial charge in [0.2, 0.25) is 5.91 Å². The SMILES string of the molecule is C/C=C(\C)C(=O)O[C@]1(C)CC=C2CSSC[C@@H]3[C@@H](CC)CN3C(=O)CC3=C(C=C(N)NC3)[C@H]2[C@]12Cc1cc3ccc(=O)oc3cc1O2. The number of nitrogens with zero attached hydrogens (tertiary/aromatic N) is 1. The summed E-state index contributed by atoms with van der Waals surface area (Å²) in [6.07, 6.45) is 8.12. The van der Waals surface area contributed by atoms with E-state index in [-0.39, 0.29) is 24.3 Å². The molecule has 0 radical (unpaired) electrons. The molecule has 1 aromatic carbocycles. The standard InChI is InChI=1S/C36H41N3O6S2/c1-5-20(3)34(42)45-35(4)10-9-23-18-46-47-19-27-21(6-2)17-39(27)31(40)12-25-16-38-30(37)13-26(25)33(23)36(35)15-24-11-22-7-8-32(41)43-28(22)14-29(24)44-36/h5,7-9,11,13-14,21,27,33,38H,6,10,12,15-19,37H2,1-4H3/b20-5+/t21-,27+,33-,35+,36+/m0/s1. The zero-order valence-electron chi connectivity index (χ0n) is 27.2. The van der Waals surface area contributed by atoms with Crippen LogP contribution in [0.25, 0.3) is 11.0 Å². The molecule has 0 saturated carbocycles. The average molecular weight is 676 g/mol. The highest BCUT2D eigenvalue weighted by molar-refractivity contribution is 8.76. The first kappa shape index (κ1) is 32.0. The van der Waals surface area contributed by atoms with E-state index in [0.717, 1.165) is 52.1 Å². The van der Waals surface area contributed by atoms with Crippen molar-refractivity contribution in [3.63, 3.8) is 0 Å². The third-order valence-electron chi connectivity index (χ3n) is 10.8. The van der Waals surface area contributed by atoms with E-state index in [1.807, 2.05) is 36.8 Å². The predicted octanol–water partition coefficient (Wildman–Crippen LogP) is 5.40. The molecule has 1 fully saturated rings. The van der Waals surface area contributed by atoms with Crippen LogP contribution in [0, 0.1) is 11.8 Å². The van der Waals surface area contributed by atoms with Crippen LogP contribution in [0.2, 0.25) is 0 Å². The number of nitrogens with two attached hydrogens (primary N) is 1. The molecule has 1 aromatic heterocycles. The Labute approximate surface area is 282 Å². The third-order valence-corrected chi connectivity index (χ3v) is 13.1. The maximum absolute atomic E-state index is 13.9. The Morgan fingerprint density at radius 2 is 2.09 bits per heavy atom. The molecule has 7 rings (SSSR count). The molecular formula is C36H41N3O6S2. The summed E-state index contributed by atoms with van der Waals surface area (Å²) in [4.78, 5) is 41.6. The number of ether oxygens (including phenoxy) is 2. The van der Waals surface area contributed by atoms with Crippen molar-refractivity contribution in [1.82, 2.24) is 10.2 Å². The van der Waals surface area contributed by atoms with Gasteiger partial charge in [-0.2, -0.15) is 0 Å². The van der Waals surface area contributed by atoms with Gasteiger partial charge in [0.25, 0.3) is 0 Å². The van der Waals surface area contributed by atoms with E-state index in [2.05, 4.69) is 23.2 Å². The van der Waals surface area contributed by atoms with E-state index in [0.29, 0.717) is 48.0 Å². The van der Waals surface area contributed by atoms with Gasteiger partial charge in [-0.3, -0.25) is 4.79 Å². The van der Waals surface area contributed by atoms with E-state index in [4.69, 9.17) is 19.6 Å². The van der Waals surface area contributed by atoms with Gasteiger partial charge in [-0.25, -0.2) is 9.59 Å². The molecule has 9 nitrogen and oxygen atoms in total. The van der Waals surface area contributed by atoms with Crippen molar-refractivity contribution in [3.8, 4) is 5.75 Å². The number of benzene rings is 1. The van der Waals surface area contributed by atoms with Crippen LogP contribution in [-0.4, -0.2) is 58.6 Å². The molecule has 11 heteroatoms. The smallest absolute Gasteiger partial charge is 0.336 e. The lowest BCUT2D eigenvalue weighted by Crippen LogP contribution is -2.65. The molecule has 1 saturated heterocycles. The van der Waals surface area contributed by atoms with Gasteiger partial charge in [-0.05, 0) is 68.0 Å². The topological polar surface area (TPSA) is 124 Å². The van der Waals surface area contributed by atoms with Crippen molar-refractivity contribution in [3.05, 3.63) is 86.6 Å².